The fourth-order valence-electron chi connectivity index (χ4n) is 2.38. The lowest BCUT2D eigenvalue weighted by Gasteiger charge is -2.31. The number of hydrogen-bond acceptors (Lipinski definition) is 4. The summed E-state index contributed by atoms with van der Waals surface area (Å²) in [5, 5.41) is 0. The fourth-order valence-corrected chi connectivity index (χ4v) is 3.86. The predicted molar refractivity (Wildman–Crippen MR) is 71.8 cm³/mol. The van der Waals surface area contributed by atoms with Gasteiger partial charge in [0, 0.05) is 6.42 Å². The van der Waals surface area contributed by atoms with Crippen molar-refractivity contribution in [2.24, 2.45) is 0 Å². The van der Waals surface area contributed by atoms with Crippen LogP contribution < -0.4 is 0 Å². The van der Waals surface area contributed by atoms with Gasteiger partial charge in [-0.15, -0.1) is 0 Å². The summed E-state index contributed by atoms with van der Waals surface area (Å²) in [7, 11) is -3.35. The number of rotatable bonds is 3. The molecule has 0 N–H and O–H groups in total. The largest absolute Gasteiger partial charge is 0.475 e. The van der Waals surface area contributed by atoms with E-state index < -0.39 is 7.82 Å². The van der Waals surface area contributed by atoms with Crippen LogP contribution >= 0.6 is 7.82 Å². The number of phosphoric ester groups is 1. The average Bonchev–Trinajstić information content (AvgIpc) is 2.55. The molecule has 1 aromatic rings. The van der Waals surface area contributed by atoms with Crippen molar-refractivity contribution in [3.8, 4) is 0 Å². The Balaban J connectivity index is 1.63. The molecule has 1 fully saturated rings. The van der Waals surface area contributed by atoms with E-state index in [1.165, 1.54) is 5.56 Å². The van der Waals surface area contributed by atoms with Gasteiger partial charge in [0.05, 0.1) is 18.8 Å². The molecule has 0 aliphatic carbocycles. The highest BCUT2D eigenvalue weighted by Crippen LogP contribution is 2.56. The smallest absolute Gasteiger partial charge is 0.283 e. The molecule has 2 aliphatic rings. The highest BCUT2D eigenvalue weighted by Gasteiger charge is 2.40. The maximum Gasteiger partial charge on any atom is 0.475 e. The van der Waals surface area contributed by atoms with Gasteiger partial charge in [-0.25, -0.2) is 4.57 Å². The molecule has 0 radical (unpaired) electrons. The SMILES string of the molecule is O=P12OCC=C[C@@H](C[C@H](CCc3ccccc3)O1)O2. The van der Waals surface area contributed by atoms with E-state index in [0.717, 1.165) is 19.3 Å². The van der Waals surface area contributed by atoms with Gasteiger partial charge in [0.15, 0.2) is 0 Å². The van der Waals surface area contributed by atoms with Gasteiger partial charge in [-0.3, -0.25) is 13.6 Å². The van der Waals surface area contributed by atoms with Crippen LogP contribution in [0, 0.1) is 0 Å². The van der Waals surface area contributed by atoms with Crippen LogP contribution in [0.1, 0.15) is 18.4 Å². The van der Waals surface area contributed by atoms with Crippen molar-refractivity contribution >= 4 is 7.82 Å². The van der Waals surface area contributed by atoms with Crippen LogP contribution in [-0.4, -0.2) is 18.8 Å². The molecular formula is C14H17O4P. The van der Waals surface area contributed by atoms with Crippen molar-refractivity contribution < 1.29 is 18.1 Å². The first-order chi connectivity index (χ1) is 9.23. The topological polar surface area (TPSA) is 44.8 Å². The second kappa shape index (κ2) is 5.59. The van der Waals surface area contributed by atoms with Crippen molar-refractivity contribution in [1.82, 2.24) is 0 Å². The summed E-state index contributed by atoms with van der Waals surface area (Å²) in [4.78, 5) is 0. The Morgan fingerprint density at radius 1 is 1.21 bits per heavy atom. The maximum absolute atomic E-state index is 12.2. The lowest BCUT2D eigenvalue weighted by Crippen LogP contribution is -2.27. The lowest BCUT2D eigenvalue weighted by atomic mass is 10.0. The van der Waals surface area contributed by atoms with Crippen molar-refractivity contribution in [1.29, 1.82) is 0 Å². The van der Waals surface area contributed by atoms with Gasteiger partial charge < -0.3 is 0 Å². The number of aryl methyl sites for hydroxylation is 1. The molecule has 2 bridgehead atoms. The first kappa shape index (κ1) is 13.1. The summed E-state index contributed by atoms with van der Waals surface area (Å²) >= 11 is 0. The van der Waals surface area contributed by atoms with Crippen molar-refractivity contribution in [2.75, 3.05) is 6.61 Å². The molecule has 5 heteroatoms. The van der Waals surface area contributed by atoms with Crippen LogP contribution in [0.5, 0.6) is 0 Å². The van der Waals surface area contributed by atoms with E-state index in [1.54, 1.807) is 0 Å². The minimum absolute atomic E-state index is 0.0764. The zero-order valence-corrected chi connectivity index (χ0v) is 11.5. The molecule has 2 heterocycles. The van der Waals surface area contributed by atoms with E-state index in [2.05, 4.69) is 12.1 Å². The summed E-state index contributed by atoms with van der Waals surface area (Å²) in [6, 6.07) is 10.2. The highest BCUT2D eigenvalue weighted by molar-refractivity contribution is 7.48. The molecule has 0 saturated carbocycles. The van der Waals surface area contributed by atoms with Gasteiger partial charge in [-0.1, -0.05) is 42.5 Å². The Hall–Kier alpha value is -0.930. The van der Waals surface area contributed by atoms with E-state index in [-0.39, 0.29) is 12.2 Å². The normalized spacial score (nSPS) is 33.9. The zero-order valence-electron chi connectivity index (χ0n) is 10.6. The van der Waals surface area contributed by atoms with Gasteiger partial charge in [-0.05, 0) is 18.4 Å². The molecule has 3 atom stereocenters. The minimum Gasteiger partial charge on any atom is -0.283 e. The Kier molecular flexibility index (Phi) is 3.85. The van der Waals surface area contributed by atoms with Crippen molar-refractivity contribution in [3.05, 3.63) is 48.0 Å². The van der Waals surface area contributed by atoms with E-state index in [1.807, 2.05) is 30.4 Å². The quantitative estimate of drug-likeness (QED) is 0.628. The summed E-state index contributed by atoms with van der Waals surface area (Å²) in [5.41, 5.74) is 1.26. The van der Waals surface area contributed by atoms with E-state index in [9.17, 15) is 4.57 Å². The Bertz CT molecular complexity index is 499. The summed E-state index contributed by atoms with van der Waals surface area (Å²) < 4.78 is 28.2. The van der Waals surface area contributed by atoms with Gasteiger partial charge in [0.1, 0.15) is 0 Å². The number of phosphoric acid groups is 1. The molecule has 1 saturated heterocycles. The van der Waals surface area contributed by atoms with Crippen LogP contribution in [0.15, 0.2) is 42.5 Å². The van der Waals surface area contributed by atoms with Crippen LogP contribution in [0.3, 0.4) is 0 Å². The predicted octanol–water partition coefficient (Wildman–Crippen LogP) is 3.49. The van der Waals surface area contributed by atoms with Gasteiger partial charge >= 0.3 is 7.82 Å². The Morgan fingerprint density at radius 3 is 2.89 bits per heavy atom. The molecule has 0 aromatic heterocycles. The molecule has 1 aromatic carbocycles. The molecule has 19 heavy (non-hydrogen) atoms. The summed E-state index contributed by atoms with van der Waals surface area (Å²) in [6.07, 6.45) is 5.99. The number of fused-ring (bicyclic) bond motifs is 2. The van der Waals surface area contributed by atoms with Crippen LogP contribution in [0.4, 0.5) is 0 Å². The third kappa shape index (κ3) is 3.34. The molecule has 102 valence electrons. The maximum atomic E-state index is 12.2. The van der Waals surface area contributed by atoms with Crippen LogP contribution in [0.2, 0.25) is 0 Å². The van der Waals surface area contributed by atoms with Crippen molar-refractivity contribution in [2.45, 2.75) is 31.5 Å². The molecule has 3 rings (SSSR count). The fraction of sp³-hybridized carbons (Fsp3) is 0.429. The first-order valence-electron chi connectivity index (χ1n) is 6.55. The monoisotopic (exact) mass is 280 g/mol. The molecule has 0 spiro atoms. The second-order valence-corrected chi connectivity index (χ2v) is 6.38. The number of hydrogen-bond donors (Lipinski definition) is 0. The standard InChI is InChI=1S/C14H17O4P/c15-19-16-10-4-7-13(17-19)11-14(18-19)9-8-12-5-2-1-3-6-12/h1-7,13-14H,8-11H2/t13-,14-,19?/m0/s1. The minimum atomic E-state index is -3.35. The van der Waals surface area contributed by atoms with E-state index >= 15 is 0 Å². The third-order valence-corrected chi connectivity index (χ3v) is 4.87. The molecular weight excluding hydrogens is 263 g/mol. The summed E-state index contributed by atoms with van der Waals surface area (Å²) in [5.74, 6) is 0. The summed E-state index contributed by atoms with van der Waals surface area (Å²) in [6.45, 7) is 0.291. The number of benzene rings is 1. The van der Waals surface area contributed by atoms with E-state index in [4.69, 9.17) is 13.6 Å². The van der Waals surface area contributed by atoms with Gasteiger partial charge in [0.2, 0.25) is 0 Å². The molecule has 1 unspecified atom stereocenters. The zero-order chi connectivity index (χ0) is 13.1. The van der Waals surface area contributed by atoms with Gasteiger partial charge in [0.25, 0.3) is 0 Å². The van der Waals surface area contributed by atoms with Crippen molar-refractivity contribution in [3.63, 3.8) is 0 Å². The van der Waals surface area contributed by atoms with Crippen LogP contribution in [0.25, 0.3) is 0 Å². The van der Waals surface area contributed by atoms with Gasteiger partial charge in [-0.2, -0.15) is 0 Å². The first-order valence-corrected chi connectivity index (χ1v) is 8.01. The third-order valence-electron chi connectivity index (χ3n) is 3.32. The Morgan fingerprint density at radius 2 is 2.05 bits per heavy atom. The van der Waals surface area contributed by atoms with E-state index in [0.29, 0.717) is 6.61 Å². The molecule has 4 nitrogen and oxygen atoms in total. The average molecular weight is 280 g/mol. The Labute approximate surface area is 113 Å². The highest BCUT2D eigenvalue weighted by atomic mass is 31.2. The molecule has 2 aliphatic heterocycles. The van der Waals surface area contributed by atoms with Crippen LogP contribution in [-0.2, 0) is 24.6 Å². The lowest BCUT2D eigenvalue weighted by molar-refractivity contribution is 0.0101. The molecule has 0 amide bonds. The second-order valence-electron chi connectivity index (χ2n) is 4.80.